The second kappa shape index (κ2) is 8.09. The molecule has 0 saturated carbocycles. The van der Waals surface area contributed by atoms with Crippen LogP contribution in [0.3, 0.4) is 0 Å². The maximum Gasteiger partial charge on any atom is 0.346 e. The average molecular weight is 398 g/mol. The Labute approximate surface area is 163 Å². The van der Waals surface area contributed by atoms with Gasteiger partial charge in [0.2, 0.25) is 11.5 Å². The number of esters is 1. The van der Waals surface area contributed by atoms with Gasteiger partial charge in [0.15, 0.2) is 7.14 Å². The molecule has 28 heavy (non-hydrogen) atoms. The summed E-state index contributed by atoms with van der Waals surface area (Å²) in [5, 5.41) is 11.7. The van der Waals surface area contributed by atoms with Crippen molar-refractivity contribution in [3.63, 3.8) is 0 Å². The highest BCUT2D eigenvalue weighted by Gasteiger charge is 2.57. The normalized spacial score (nSPS) is 14.7. The number of alkyl halides is 1. The van der Waals surface area contributed by atoms with Crippen LogP contribution < -0.4 is 10.6 Å². The molecule has 3 aromatic carbocycles. The molecule has 0 bridgehead atoms. The average Bonchev–Trinajstić information content (AvgIpc) is 2.78. The minimum atomic E-state index is -4.09. The number of benzene rings is 3. The largest absolute Gasteiger partial charge is 0.467 e. The second-order valence-electron chi connectivity index (χ2n) is 6.29. The Morgan fingerprint density at radius 2 is 1.29 bits per heavy atom. The summed E-state index contributed by atoms with van der Waals surface area (Å²) in [6.07, 6.45) is 0. The van der Waals surface area contributed by atoms with Crippen LogP contribution in [0.25, 0.3) is 0 Å². The molecule has 6 heteroatoms. The van der Waals surface area contributed by atoms with Crippen molar-refractivity contribution in [1.82, 2.24) is 0 Å². The zero-order chi connectivity index (χ0) is 20.2. The zero-order valence-corrected chi connectivity index (χ0v) is 16.1. The van der Waals surface area contributed by atoms with E-state index in [1.54, 1.807) is 54.6 Å². The van der Waals surface area contributed by atoms with Gasteiger partial charge in [-0.3, -0.25) is 0 Å². The van der Waals surface area contributed by atoms with Gasteiger partial charge in [-0.1, -0.05) is 91.0 Å². The third-order valence-corrected chi connectivity index (χ3v) is 7.80. The fourth-order valence-corrected chi connectivity index (χ4v) is 6.01. The molecule has 0 heterocycles. The lowest BCUT2D eigenvalue weighted by Gasteiger charge is -2.34. The molecule has 4 nitrogen and oxygen atoms in total. The number of rotatable bonds is 6. The van der Waals surface area contributed by atoms with Crippen molar-refractivity contribution >= 4 is 23.7 Å². The van der Waals surface area contributed by atoms with E-state index in [2.05, 4.69) is 0 Å². The first-order chi connectivity index (χ1) is 13.5. The lowest BCUT2D eigenvalue weighted by atomic mass is 9.95. The summed E-state index contributed by atoms with van der Waals surface area (Å²) in [6, 6.07) is 23.7. The summed E-state index contributed by atoms with van der Waals surface area (Å²) in [7, 11) is -3.03. The van der Waals surface area contributed by atoms with Gasteiger partial charge in [-0.25, -0.2) is 9.18 Å². The van der Waals surface area contributed by atoms with Crippen LogP contribution in [0.4, 0.5) is 4.39 Å². The van der Waals surface area contributed by atoms with Gasteiger partial charge >= 0.3 is 5.97 Å². The van der Waals surface area contributed by atoms with E-state index < -0.39 is 24.6 Å². The summed E-state index contributed by atoms with van der Waals surface area (Å²) in [5.74, 6) is -3.67. The van der Waals surface area contributed by atoms with Crippen LogP contribution in [0.2, 0.25) is 0 Å². The molecular formula is C22H20FO4P. The van der Waals surface area contributed by atoms with E-state index >= 15 is 4.39 Å². The second-order valence-corrected chi connectivity index (χ2v) is 9.09. The molecule has 0 amide bonds. The SMILES string of the molecule is COC(=O)C(O)(c1ccccc1)C(F)P(=O)(c1ccccc1)c1ccccc1. The van der Waals surface area contributed by atoms with Gasteiger partial charge in [0.05, 0.1) is 7.11 Å². The summed E-state index contributed by atoms with van der Waals surface area (Å²) < 4.78 is 35.1. The van der Waals surface area contributed by atoms with E-state index in [1.165, 1.54) is 36.4 Å². The maximum atomic E-state index is 16.2. The van der Waals surface area contributed by atoms with E-state index in [-0.39, 0.29) is 16.2 Å². The number of aliphatic hydroxyl groups is 1. The number of hydrogen-bond acceptors (Lipinski definition) is 4. The highest BCUT2D eigenvalue weighted by molar-refractivity contribution is 7.79. The predicted molar refractivity (Wildman–Crippen MR) is 107 cm³/mol. The number of carbonyl (C=O) groups is 1. The smallest absolute Gasteiger partial charge is 0.346 e. The van der Waals surface area contributed by atoms with Crippen LogP contribution in [0.15, 0.2) is 91.0 Å². The van der Waals surface area contributed by atoms with Crippen molar-refractivity contribution < 1.29 is 23.6 Å². The molecule has 1 N–H and O–H groups in total. The Morgan fingerprint density at radius 1 is 0.893 bits per heavy atom. The lowest BCUT2D eigenvalue weighted by Crippen LogP contribution is -2.48. The van der Waals surface area contributed by atoms with Crippen LogP contribution >= 0.6 is 7.14 Å². The van der Waals surface area contributed by atoms with E-state index in [0.29, 0.717) is 0 Å². The first-order valence-corrected chi connectivity index (χ1v) is 10.4. The summed E-state index contributed by atoms with van der Waals surface area (Å²) in [5.41, 5.74) is -2.77. The van der Waals surface area contributed by atoms with Crippen LogP contribution in [0.5, 0.6) is 0 Å². The van der Waals surface area contributed by atoms with Gasteiger partial charge in [-0.15, -0.1) is 0 Å². The minimum absolute atomic E-state index is 0.0264. The highest BCUT2D eigenvalue weighted by atomic mass is 31.2. The molecule has 0 radical (unpaired) electrons. The van der Waals surface area contributed by atoms with Crippen molar-refractivity contribution in [2.45, 2.75) is 11.5 Å². The molecule has 2 atom stereocenters. The van der Waals surface area contributed by atoms with Gasteiger partial charge in [0, 0.05) is 10.6 Å². The van der Waals surface area contributed by atoms with Crippen molar-refractivity contribution in [3.8, 4) is 0 Å². The molecule has 3 aromatic rings. The maximum absolute atomic E-state index is 16.2. The Kier molecular flexibility index (Phi) is 5.78. The summed E-state index contributed by atoms with van der Waals surface area (Å²) in [6.45, 7) is 0. The molecule has 3 rings (SSSR count). The molecular weight excluding hydrogens is 378 g/mol. The highest BCUT2D eigenvalue weighted by Crippen LogP contribution is 2.56. The van der Waals surface area contributed by atoms with Gasteiger partial charge in [0.25, 0.3) is 0 Å². The minimum Gasteiger partial charge on any atom is -0.467 e. The zero-order valence-electron chi connectivity index (χ0n) is 15.2. The Morgan fingerprint density at radius 3 is 1.68 bits per heavy atom. The molecule has 0 saturated heterocycles. The third-order valence-electron chi connectivity index (χ3n) is 4.65. The van der Waals surface area contributed by atoms with Crippen molar-refractivity contribution in [3.05, 3.63) is 96.6 Å². The van der Waals surface area contributed by atoms with Gasteiger partial charge < -0.3 is 14.4 Å². The Balaban J connectivity index is 2.27. The number of methoxy groups -OCH3 is 1. The van der Waals surface area contributed by atoms with Gasteiger partial charge in [-0.2, -0.15) is 0 Å². The van der Waals surface area contributed by atoms with Crippen LogP contribution in [0, 0.1) is 0 Å². The fourth-order valence-electron chi connectivity index (χ4n) is 3.17. The monoisotopic (exact) mass is 398 g/mol. The topological polar surface area (TPSA) is 63.6 Å². The number of hydrogen-bond donors (Lipinski definition) is 1. The van der Waals surface area contributed by atoms with Crippen LogP contribution in [0.1, 0.15) is 5.56 Å². The molecule has 0 aliphatic rings. The molecule has 0 fully saturated rings. The van der Waals surface area contributed by atoms with E-state index in [9.17, 15) is 14.5 Å². The predicted octanol–water partition coefficient (Wildman–Crippen LogP) is 3.36. The van der Waals surface area contributed by atoms with E-state index in [0.717, 1.165) is 7.11 Å². The molecule has 0 aliphatic heterocycles. The molecule has 0 aliphatic carbocycles. The molecule has 144 valence electrons. The van der Waals surface area contributed by atoms with Crippen LogP contribution in [-0.4, -0.2) is 24.1 Å². The van der Waals surface area contributed by atoms with Crippen LogP contribution in [-0.2, 0) is 19.7 Å². The standard InChI is InChI=1S/C22H20FO4P/c1-27-21(24)22(25,17-11-5-2-6-12-17)20(23)28(26,18-13-7-3-8-14-18)19-15-9-4-10-16-19/h2-16,20,25H,1H3. The first-order valence-electron chi connectivity index (χ1n) is 8.67. The van der Waals surface area contributed by atoms with E-state index in [4.69, 9.17) is 4.74 Å². The number of halogens is 1. The van der Waals surface area contributed by atoms with Crippen molar-refractivity contribution in [1.29, 1.82) is 0 Å². The van der Waals surface area contributed by atoms with E-state index in [1.807, 2.05) is 0 Å². The Bertz CT molecular complexity index is 936. The first kappa shape index (κ1) is 20.0. The van der Waals surface area contributed by atoms with Crippen molar-refractivity contribution in [2.75, 3.05) is 7.11 Å². The summed E-state index contributed by atoms with van der Waals surface area (Å²) >= 11 is 0. The van der Waals surface area contributed by atoms with Gasteiger partial charge in [0.1, 0.15) is 0 Å². The molecule has 0 spiro atoms. The number of ether oxygens (including phenoxy) is 1. The lowest BCUT2D eigenvalue weighted by molar-refractivity contribution is -0.167. The van der Waals surface area contributed by atoms with Gasteiger partial charge in [-0.05, 0) is 5.56 Å². The number of carbonyl (C=O) groups excluding carboxylic acids is 1. The molecule has 2 unspecified atom stereocenters. The quantitative estimate of drug-likeness (QED) is 0.511. The molecule has 0 aromatic heterocycles. The van der Waals surface area contributed by atoms with Crippen molar-refractivity contribution in [2.24, 2.45) is 0 Å². The summed E-state index contributed by atoms with van der Waals surface area (Å²) in [4.78, 5) is 12.6. The third kappa shape index (κ3) is 3.28. The Hall–Kier alpha value is -2.75. The fraction of sp³-hybridized carbons (Fsp3) is 0.136.